The summed E-state index contributed by atoms with van der Waals surface area (Å²) in [7, 11) is -2.30. The fourth-order valence-electron chi connectivity index (χ4n) is 3.45. The summed E-state index contributed by atoms with van der Waals surface area (Å²) in [6, 6.07) is 21.5. The number of hydrogen-bond donors (Lipinski definition) is 1. The van der Waals surface area contributed by atoms with E-state index in [2.05, 4.69) is 20.6 Å². The van der Waals surface area contributed by atoms with Crippen molar-refractivity contribution in [2.24, 2.45) is 0 Å². The van der Waals surface area contributed by atoms with E-state index >= 15 is 0 Å². The number of fused-ring (bicyclic) bond motifs is 3. The molecule has 0 spiro atoms. The van der Waals surface area contributed by atoms with Crippen molar-refractivity contribution in [2.45, 2.75) is 16.8 Å². The van der Waals surface area contributed by atoms with Crippen molar-refractivity contribution in [1.82, 2.24) is 19.8 Å². The third-order valence-electron chi connectivity index (χ3n) is 5.16. The lowest BCUT2D eigenvalue weighted by Crippen LogP contribution is -2.05. The first kappa shape index (κ1) is 20.0. The second kappa shape index (κ2) is 7.61. The van der Waals surface area contributed by atoms with E-state index in [1.54, 1.807) is 31.4 Å². The van der Waals surface area contributed by atoms with E-state index in [1.165, 1.54) is 4.52 Å². The lowest BCUT2D eigenvalue weighted by molar-refractivity contribution is 0.415. The Morgan fingerprint density at radius 2 is 1.66 bits per heavy atom. The van der Waals surface area contributed by atoms with Crippen molar-refractivity contribution < 1.29 is 13.2 Å². The molecule has 0 saturated heterocycles. The maximum absolute atomic E-state index is 13.3. The quantitative estimate of drug-likeness (QED) is 0.433. The number of nitrogens with one attached hydrogen (secondary N) is 1. The van der Waals surface area contributed by atoms with E-state index in [4.69, 9.17) is 4.74 Å². The molecule has 2 aromatic heterocycles. The van der Waals surface area contributed by atoms with Crippen molar-refractivity contribution in [3.63, 3.8) is 0 Å². The molecule has 0 atom stereocenters. The predicted octanol–water partition coefficient (Wildman–Crippen LogP) is 4.17. The first-order valence-electron chi connectivity index (χ1n) is 9.84. The van der Waals surface area contributed by atoms with Gasteiger partial charge in [-0.1, -0.05) is 35.0 Å². The maximum atomic E-state index is 13.3. The minimum Gasteiger partial charge on any atom is -0.497 e. The molecule has 0 aliphatic carbocycles. The summed E-state index contributed by atoms with van der Waals surface area (Å²) in [6.45, 7) is 1.90. The molecule has 0 amide bonds. The highest BCUT2D eigenvalue weighted by atomic mass is 32.2. The molecule has 5 rings (SSSR count). The van der Waals surface area contributed by atoms with Crippen LogP contribution >= 0.6 is 0 Å². The molecule has 160 valence electrons. The molecule has 0 saturated carbocycles. The highest BCUT2D eigenvalue weighted by Gasteiger charge is 2.27. The summed E-state index contributed by atoms with van der Waals surface area (Å²) < 4.78 is 33.3. The monoisotopic (exact) mass is 445 g/mol. The summed E-state index contributed by atoms with van der Waals surface area (Å²) in [5.74, 6) is 1.23. The summed E-state index contributed by atoms with van der Waals surface area (Å²) >= 11 is 0. The van der Waals surface area contributed by atoms with Gasteiger partial charge in [-0.05, 0) is 55.5 Å². The fraction of sp³-hybridized carbons (Fsp3) is 0.0870. The van der Waals surface area contributed by atoms with Gasteiger partial charge in [0.05, 0.1) is 17.5 Å². The third kappa shape index (κ3) is 3.32. The molecule has 9 heteroatoms. The van der Waals surface area contributed by atoms with Crippen LogP contribution < -0.4 is 10.1 Å². The number of hydrogen-bond acceptors (Lipinski definition) is 7. The topological polar surface area (TPSA) is 98.5 Å². The van der Waals surface area contributed by atoms with Gasteiger partial charge in [-0.3, -0.25) is 0 Å². The van der Waals surface area contributed by atoms with Crippen LogP contribution in [0.25, 0.3) is 16.6 Å². The fourth-order valence-corrected chi connectivity index (χ4v) is 4.69. The third-order valence-corrected chi connectivity index (χ3v) is 6.83. The number of anilines is 2. The molecule has 5 aromatic rings. The molecule has 2 heterocycles. The summed E-state index contributed by atoms with van der Waals surface area (Å²) in [5.41, 5.74) is 2.58. The average Bonchev–Trinajstić information content (AvgIpc) is 3.25. The highest BCUT2D eigenvalue weighted by Crippen LogP contribution is 2.30. The summed E-state index contributed by atoms with van der Waals surface area (Å²) in [5, 5.41) is 12.0. The van der Waals surface area contributed by atoms with Gasteiger partial charge in [-0.25, -0.2) is 13.4 Å². The van der Waals surface area contributed by atoms with Crippen LogP contribution in [0.2, 0.25) is 0 Å². The number of ether oxygens (including phenoxy) is 1. The van der Waals surface area contributed by atoms with Crippen molar-refractivity contribution >= 4 is 37.9 Å². The number of methoxy groups -OCH3 is 1. The number of rotatable bonds is 5. The Morgan fingerprint density at radius 1 is 0.938 bits per heavy atom. The second-order valence-corrected chi connectivity index (χ2v) is 9.14. The number of nitrogens with zero attached hydrogens (tertiary/aromatic N) is 4. The van der Waals surface area contributed by atoms with E-state index in [9.17, 15) is 8.42 Å². The molecule has 0 aliphatic heterocycles. The van der Waals surface area contributed by atoms with Crippen LogP contribution in [0.5, 0.6) is 5.75 Å². The Hall–Kier alpha value is -3.98. The molecule has 8 nitrogen and oxygen atoms in total. The van der Waals surface area contributed by atoms with Gasteiger partial charge in [0, 0.05) is 11.1 Å². The van der Waals surface area contributed by atoms with Crippen LogP contribution in [0.15, 0.2) is 82.7 Å². The Kier molecular flexibility index (Phi) is 4.75. The van der Waals surface area contributed by atoms with Crippen LogP contribution in [0.3, 0.4) is 0 Å². The molecule has 1 N–H and O–H groups in total. The Morgan fingerprint density at radius 3 is 2.38 bits per heavy atom. The molecule has 0 radical (unpaired) electrons. The Bertz CT molecular complexity index is 1540. The molecule has 0 aliphatic rings. The van der Waals surface area contributed by atoms with Gasteiger partial charge in [0.15, 0.2) is 5.65 Å². The Labute approximate surface area is 184 Å². The van der Waals surface area contributed by atoms with Gasteiger partial charge < -0.3 is 10.1 Å². The zero-order valence-electron chi connectivity index (χ0n) is 17.4. The number of benzene rings is 3. The molecular formula is C23H19N5O3S. The number of sulfone groups is 1. The van der Waals surface area contributed by atoms with Crippen LogP contribution in [0, 0.1) is 6.92 Å². The van der Waals surface area contributed by atoms with E-state index < -0.39 is 9.84 Å². The van der Waals surface area contributed by atoms with Crippen molar-refractivity contribution in [2.75, 3.05) is 12.4 Å². The first-order valence-corrected chi connectivity index (χ1v) is 11.3. The minimum atomic E-state index is -3.91. The molecule has 32 heavy (non-hydrogen) atoms. The SMILES string of the molecule is COc1ccc(Nc2nc3c(S(=O)(=O)c4ccc(C)cc4)nnn3c3ccccc23)cc1. The van der Waals surface area contributed by atoms with Crippen LogP contribution in [-0.4, -0.2) is 35.3 Å². The average molecular weight is 446 g/mol. The largest absolute Gasteiger partial charge is 0.497 e. The number of aromatic nitrogens is 4. The molecule has 3 aromatic carbocycles. The second-order valence-electron chi connectivity index (χ2n) is 7.28. The molecule has 0 unspecified atom stereocenters. The number of aryl methyl sites for hydroxylation is 1. The highest BCUT2D eigenvalue weighted by molar-refractivity contribution is 7.91. The Balaban J connectivity index is 1.69. The number of para-hydroxylation sites is 1. The zero-order valence-corrected chi connectivity index (χ0v) is 18.2. The molecular weight excluding hydrogens is 426 g/mol. The van der Waals surface area contributed by atoms with E-state index in [0.29, 0.717) is 11.3 Å². The standard InChI is InChI=1S/C23H19N5O3S/c1-15-7-13-18(14-8-15)32(29,30)23-22-25-21(24-16-9-11-17(31-2)12-10-16)19-5-3-4-6-20(19)28(22)27-26-23/h3-14H,1-2H3,(H,24,25). The van der Waals surface area contributed by atoms with Crippen LogP contribution in [-0.2, 0) is 9.84 Å². The van der Waals surface area contributed by atoms with E-state index in [-0.39, 0.29) is 15.6 Å². The molecule has 0 bridgehead atoms. The van der Waals surface area contributed by atoms with Gasteiger partial charge in [0.2, 0.25) is 14.9 Å². The van der Waals surface area contributed by atoms with E-state index in [0.717, 1.165) is 22.4 Å². The van der Waals surface area contributed by atoms with E-state index in [1.807, 2.05) is 55.5 Å². The van der Waals surface area contributed by atoms with Crippen molar-refractivity contribution in [3.8, 4) is 5.75 Å². The van der Waals surface area contributed by atoms with Crippen LogP contribution in [0.4, 0.5) is 11.5 Å². The van der Waals surface area contributed by atoms with Gasteiger partial charge in [0.1, 0.15) is 11.6 Å². The van der Waals surface area contributed by atoms with Gasteiger partial charge in [-0.2, -0.15) is 4.52 Å². The minimum absolute atomic E-state index is 0.144. The first-order chi connectivity index (χ1) is 15.5. The van der Waals surface area contributed by atoms with Gasteiger partial charge >= 0.3 is 0 Å². The smallest absolute Gasteiger partial charge is 0.229 e. The van der Waals surface area contributed by atoms with Crippen molar-refractivity contribution in [1.29, 1.82) is 0 Å². The van der Waals surface area contributed by atoms with Gasteiger partial charge in [-0.15, -0.1) is 5.10 Å². The lowest BCUT2D eigenvalue weighted by Gasteiger charge is -2.11. The lowest BCUT2D eigenvalue weighted by atomic mass is 10.2. The van der Waals surface area contributed by atoms with Crippen LogP contribution in [0.1, 0.15) is 5.56 Å². The summed E-state index contributed by atoms with van der Waals surface area (Å²) in [6.07, 6.45) is 0. The van der Waals surface area contributed by atoms with Crippen molar-refractivity contribution in [3.05, 3.63) is 78.4 Å². The zero-order chi connectivity index (χ0) is 22.3. The normalized spacial score (nSPS) is 11.7. The summed E-state index contributed by atoms with van der Waals surface area (Å²) in [4.78, 5) is 4.77. The predicted molar refractivity (Wildman–Crippen MR) is 121 cm³/mol. The maximum Gasteiger partial charge on any atom is 0.229 e. The van der Waals surface area contributed by atoms with Gasteiger partial charge in [0.25, 0.3) is 0 Å². The molecule has 0 fully saturated rings.